The van der Waals surface area contributed by atoms with Gasteiger partial charge in [-0.1, -0.05) is 18.2 Å². The SMILES string of the molecule is CCNC(=NCCCOc1ccccc1)NCCCOCc1ccco1.I. The topological polar surface area (TPSA) is 68.0 Å². The molecule has 150 valence electrons. The number of benzene rings is 1. The van der Waals surface area contributed by atoms with Crippen LogP contribution in [-0.4, -0.2) is 38.8 Å². The molecule has 27 heavy (non-hydrogen) atoms. The molecule has 0 fully saturated rings. The van der Waals surface area contributed by atoms with Crippen LogP contribution >= 0.6 is 24.0 Å². The van der Waals surface area contributed by atoms with Gasteiger partial charge in [0.15, 0.2) is 5.96 Å². The molecule has 2 aromatic rings. The highest BCUT2D eigenvalue weighted by Crippen LogP contribution is 2.08. The molecule has 0 spiro atoms. The summed E-state index contributed by atoms with van der Waals surface area (Å²) in [5.74, 6) is 2.58. The first-order chi connectivity index (χ1) is 12.9. The molecule has 0 aliphatic carbocycles. The number of guanidine groups is 1. The van der Waals surface area contributed by atoms with Crippen LogP contribution in [0, 0.1) is 0 Å². The van der Waals surface area contributed by atoms with Crippen LogP contribution in [0.1, 0.15) is 25.5 Å². The Kier molecular flexibility index (Phi) is 13.2. The molecule has 7 heteroatoms. The minimum atomic E-state index is 0. The highest BCUT2D eigenvalue weighted by atomic mass is 127. The fraction of sp³-hybridized carbons (Fsp3) is 0.450. The highest BCUT2D eigenvalue weighted by Gasteiger charge is 1.98. The third kappa shape index (κ3) is 10.9. The number of hydrogen-bond acceptors (Lipinski definition) is 4. The molecule has 0 unspecified atom stereocenters. The molecule has 0 atom stereocenters. The maximum absolute atomic E-state index is 5.67. The van der Waals surface area contributed by atoms with E-state index in [1.54, 1.807) is 6.26 Å². The van der Waals surface area contributed by atoms with E-state index in [-0.39, 0.29) is 24.0 Å². The third-order valence-corrected chi connectivity index (χ3v) is 3.51. The average molecular weight is 487 g/mol. The second-order valence-electron chi connectivity index (χ2n) is 5.69. The first-order valence-electron chi connectivity index (χ1n) is 9.18. The Morgan fingerprint density at radius 1 is 1.04 bits per heavy atom. The van der Waals surface area contributed by atoms with Gasteiger partial charge in [0.2, 0.25) is 0 Å². The Morgan fingerprint density at radius 2 is 1.89 bits per heavy atom. The minimum Gasteiger partial charge on any atom is -0.494 e. The first-order valence-corrected chi connectivity index (χ1v) is 9.18. The molecular weight excluding hydrogens is 457 g/mol. The number of furan rings is 1. The van der Waals surface area contributed by atoms with E-state index in [9.17, 15) is 0 Å². The lowest BCUT2D eigenvalue weighted by atomic mass is 10.3. The highest BCUT2D eigenvalue weighted by molar-refractivity contribution is 14.0. The molecule has 6 nitrogen and oxygen atoms in total. The Morgan fingerprint density at radius 3 is 2.63 bits per heavy atom. The van der Waals surface area contributed by atoms with Crippen LogP contribution in [0.15, 0.2) is 58.1 Å². The van der Waals surface area contributed by atoms with Crippen LogP contribution < -0.4 is 15.4 Å². The third-order valence-electron chi connectivity index (χ3n) is 3.51. The van der Waals surface area contributed by atoms with Crippen molar-refractivity contribution in [1.82, 2.24) is 10.6 Å². The molecule has 1 aromatic heterocycles. The number of hydrogen-bond donors (Lipinski definition) is 2. The fourth-order valence-corrected chi connectivity index (χ4v) is 2.25. The lowest BCUT2D eigenvalue weighted by molar-refractivity contribution is 0.105. The van der Waals surface area contributed by atoms with E-state index in [4.69, 9.17) is 13.9 Å². The summed E-state index contributed by atoms with van der Waals surface area (Å²) in [6.07, 6.45) is 3.43. The Balaban J connectivity index is 0.00000364. The predicted molar refractivity (Wildman–Crippen MR) is 119 cm³/mol. The van der Waals surface area contributed by atoms with Gasteiger partial charge in [-0.2, -0.15) is 0 Å². The number of para-hydroxylation sites is 1. The van der Waals surface area contributed by atoms with E-state index in [0.29, 0.717) is 19.8 Å². The minimum absolute atomic E-state index is 0. The largest absolute Gasteiger partial charge is 0.494 e. The van der Waals surface area contributed by atoms with Crippen molar-refractivity contribution in [2.24, 2.45) is 4.99 Å². The van der Waals surface area contributed by atoms with Crippen molar-refractivity contribution in [2.45, 2.75) is 26.4 Å². The summed E-state index contributed by atoms with van der Waals surface area (Å²) in [4.78, 5) is 4.56. The normalized spacial score (nSPS) is 10.9. The van der Waals surface area contributed by atoms with Gasteiger partial charge in [0.1, 0.15) is 18.1 Å². The number of ether oxygens (including phenoxy) is 2. The second kappa shape index (κ2) is 15.3. The van der Waals surface area contributed by atoms with Crippen molar-refractivity contribution in [3.05, 3.63) is 54.5 Å². The van der Waals surface area contributed by atoms with E-state index in [1.807, 2.05) is 42.5 Å². The maximum atomic E-state index is 5.67. The number of aliphatic imine (C=N–C) groups is 1. The molecule has 2 rings (SSSR count). The number of nitrogens with one attached hydrogen (secondary N) is 2. The smallest absolute Gasteiger partial charge is 0.191 e. The summed E-state index contributed by atoms with van der Waals surface area (Å²) >= 11 is 0. The van der Waals surface area contributed by atoms with Crippen LogP contribution in [0.5, 0.6) is 5.75 Å². The summed E-state index contributed by atoms with van der Waals surface area (Å²) in [7, 11) is 0. The summed E-state index contributed by atoms with van der Waals surface area (Å²) in [5, 5.41) is 6.56. The quantitative estimate of drug-likeness (QED) is 0.206. The summed E-state index contributed by atoms with van der Waals surface area (Å²) in [6.45, 7) is 6.28. The van der Waals surface area contributed by atoms with Crippen LogP contribution in [0.4, 0.5) is 0 Å². The first kappa shape index (κ1) is 23.3. The molecule has 1 heterocycles. The monoisotopic (exact) mass is 487 g/mol. The zero-order chi connectivity index (χ0) is 18.3. The van der Waals surface area contributed by atoms with E-state index < -0.39 is 0 Å². The second-order valence-corrected chi connectivity index (χ2v) is 5.69. The summed E-state index contributed by atoms with van der Waals surface area (Å²) in [6, 6.07) is 13.6. The van der Waals surface area contributed by atoms with Gasteiger partial charge in [-0.05, 0) is 37.6 Å². The van der Waals surface area contributed by atoms with Crippen LogP contribution in [0.2, 0.25) is 0 Å². The van der Waals surface area contributed by atoms with Gasteiger partial charge < -0.3 is 24.5 Å². The van der Waals surface area contributed by atoms with Crippen LogP contribution in [-0.2, 0) is 11.3 Å². The number of nitrogens with zero attached hydrogens (tertiary/aromatic N) is 1. The zero-order valence-corrected chi connectivity index (χ0v) is 18.2. The van der Waals surface area contributed by atoms with Crippen molar-refractivity contribution in [1.29, 1.82) is 0 Å². The summed E-state index contributed by atoms with van der Waals surface area (Å²) in [5.41, 5.74) is 0. The molecule has 0 radical (unpaired) electrons. The van der Waals surface area contributed by atoms with Crippen molar-refractivity contribution < 1.29 is 13.9 Å². The molecule has 0 saturated heterocycles. The van der Waals surface area contributed by atoms with Gasteiger partial charge in [0.25, 0.3) is 0 Å². The number of halogens is 1. The van der Waals surface area contributed by atoms with E-state index >= 15 is 0 Å². The molecule has 0 bridgehead atoms. The van der Waals surface area contributed by atoms with E-state index in [1.165, 1.54) is 0 Å². The van der Waals surface area contributed by atoms with Crippen LogP contribution in [0.25, 0.3) is 0 Å². The van der Waals surface area contributed by atoms with Crippen molar-refractivity contribution in [2.75, 3.05) is 32.8 Å². The Hall–Kier alpha value is -1.74. The van der Waals surface area contributed by atoms with Crippen molar-refractivity contribution in [3.8, 4) is 5.75 Å². The zero-order valence-electron chi connectivity index (χ0n) is 15.9. The molecular formula is C20H30IN3O3. The van der Waals surface area contributed by atoms with Gasteiger partial charge in [-0.15, -0.1) is 24.0 Å². The summed E-state index contributed by atoms with van der Waals surface area (Å²) < 4.78 is 16.5. The van der Waals surface area contributed by atoms with Crippen molar-refractivity contribution >= 4 is 29.9 Å². The lowest BCUT2D eigenvalue weighted by Gasteiger charge is -2.11. The lowest BCUT2D eigenvalue weighted by Crippen LogP contribution is -2.38. The standard InChI is InChI=1S/C20H29N3O3.HI/c1-2-21-20(22-12-7-14-24-17-19-11-6-15-26-19)23-13-8-16-25-18-9-4-3-5-10-18;/h3-6,9-11,15H,2,7-8,12-14,16-17H2,1H3,(H2,21,22,23);1H. The van der Waals surface area contributed by atoms with E-state index in [2.05, 4.69) is 22.5 Å². The van der Waals surface area contributed by atoms with E-state index in [0.717, 1.165) is 49.9 Å². The van der Waals surface area contributed by atoms with Gasteiger partial charge in [-0.25, -0.2) is 0 Å². The Labute approximate surface area is 178 Å². The maximum Gasteiger partial charge on any atom is 0.191 e. The molecule has 0 amide bonds. The van der Waals surface area contributed by atoms with Gasteiger partial charge in [0, 0.05) is 32.7 Å². The molecule has 2 N–H and O–H groups in total. The molecule has 0 saturated carbocycles. The van der Waals surface area contributed by atoms with Gasteiger partial charge >= 0.3 is 0 Å². The van der Waals surface area contributed by atoms with Crippen LogP contribution in [0.3, 0.4) is 0 Å². The number of rotatable bonds is 12. The molecule has 1 aromatic carbocycles. The fourth-order valence-electron chi connectivity index (χ4n) is 2.25. The van der Waals surface area contributed by atoms with Gasteiger partial charge in [-0.3, -0.25) is 4.99 Å². The predicted octanol–water partition coefficient (Wildman–Crippen LogP) is 3.83. The molecule has 0 aliphatic rings. The Bertz CT molecular complexity index is 606. The average Bonchev–Trinajstić information content (AvgIpc) is 3.18. The van der Waals surface area contributed by atoms with Gasteiger partial charge in [0.05, 0.1) is 12.9 Å². The molecule has 0 aliphatic heterocycles. The van der Waals surface area contributed by atoms with Crippen molar-refractivity contribution in [3.63, 3.8) is 0 Å².